The smallest absolute Gasteiger partial charge is 0.407 e. The highest BCUT2D eigenvalue weighted by Gasteiger charge is 2.38. The van der Waals surface area contributed by atoms with Crippen LogP contribution in [0.5, 0.6) is 5.75 Å². The molecule has 0 saturated heterocycles. The lowest BCUT2D eigenvalue weighted by Gasteiger charge is -2.19. The van der Waals surface area contributed by atoms with Crippen molar-refractivity contribution < 1.29 is 17.9 Å². The molecule has 0 heterocycles. The van der Waals surface area contributed by atoms with Crippen LogP contribution in [0.3, 0.4) is 0 Å². The quantitative estimate of drug-likeness (QED) is 0.916. The van der Waals surface area contributed by atoms with Gasteiger partial charge in [-0.25, -0.2) is 0 Å². The van der Waals surface area contributed by atoms with E-state index in [-0.39, 0.29) is 11.7 Å². The summed E-state index contributed by atoms with van der Waals surface area (Å²) in [5, 5.41) is 1.46. The zero-order valence-corrected chi connectivity index (χ0v) is 11.2. The topological polar surface area (TPSA) is 35.2 Å². The number of hydrogen-bond donors (Lipinski definition) is 1. The Bertz CT molecular complexity index is 608. The van der Waals surface area contributed by atoms with E-state index in [0.717, 1.165) is 5.39 Å². The Morgan fingerprint density at radius 3 is 2.35 bits per heavy atom. The van der Waals surface area contributed by atoms with Crippen molar-refractivity contribution in [3.05, 3.63) is 42.0 Å². The van der Waals surface area contributed by atoms with Crippen molar-refractivity contribution in [2.75, 3.05) is 0 Å². The van der Waals surface area contributed by atoms with Gasteiger partial charge in [-0.15, -0.1) is 0 Å². The summed E-state index contributed by atoms with van der Waals surface area (Å²) < 4.78 is 43.9. The first kappa shape index (κ1) is 14.7. The number of nitrogens with two attached hydrogens (primary N) is 1. The second-order valence-corrected chi connectivity index (χ2v) is 4.93. The molecule has 0 saturated carbocycles. The van der Waals surface area contributed by atoms with Crippen LogP contribution in [0.4, 0.5) is 13.2 Å². The number of ether oxygens (including phenoxy) is 1. The number of hydrogen-bond acceptors (Lipinski definition) is 2. The van der Waals surface area contributed by atoms with Gasteiger partial charge >= 0.3 is 6.18 Å². The SMILES string of the molecule is CC(C)Oc1cc([C@H](N)C(F)(F)F)cc2ccccc12. The summed E-state index contributed by atoms with van der Waals surface area (Å²) in [6.45, 7) is 3.65. The monoisotopic (exact) mass is 283 g/mol. The molecular formula is C15H16F3NO. The third-order valence-corrected chi connectivity index (χ3v) is 2.92. The largest absolute Gasteiger partial charge is 0.490 e. The molecule has 20 heavy (non-hydrogen) atoms. The van der Waals surface area contributed by atoms with Crippen molar-refractivity contribution in [2.24, 2.45) is 5.73 Å². The number of benzene rings is 2. The molecule has 0 bridgehead atoms. The second-order valence-electron chi connectivity index (χ2n) is 4.93. The highest BCUT2D eigenvalue weighted by atomic mass is 19.4. The maximum Gasteiger partial charge on any atom is 0.407 e. The van der Waals surface area contributed by atoms with Gasteiger partial charge in [-0.2, -0.15) is 13.2 Å². The van der Waals surface area contributed by atoms with E-state index < -0.39 is 12.2 Å². The predicted molar refractivity (Wildman–Crippen MR) is 72.7 cm³/mol. The van der Waals surface area contributed by atoms with Gasteiger partial charge in [0.2, 0.25) is 0 Å². The van der Waals surface area contributed by atoms with Crippen LogP contribution in [0, 0.1) is 0 Å². The van der Waals surface area contributed by atoms with E-state index in [1.54, 1.807) is 12.1 Å². The molecule has 2 aromatic carbocycles. The molecule has 5 heteroatoms. The lowest BCUT2D eigenvalue weighted by molar-refractivity contribution is -0.149. The van der Waals surface area contributed by atoms with Crippen molar-refractivity contribution in [2.45, 2.75) is 32.2 Å². The summed E-state index contributed by atoms with van der Waals surface area (Å²) in [5.41, 5.74) is 5.29. The van der Waals surface area contributed by atoms with E-state index in [9.17, 15) is 13.2 Å². The van der Waals surface area contributed by atoms with E-state index in [1.165, 1.54) is 12.1 Å². The third kappa shape index (κ3) is 3.04. The Morgan fingerprint density at radius 2 is 1.75 bits per heavy atom. The van der Waals surface area contributed by atoms with Gasteiger partial charge in [0.05, 0.1) is 6.10 Å². The fourth-order valence-electron chi connectivity index (χ4n) is 2.02. The number of rotatable bonds is 3. The molecule has 2 rings (SSSR count). The van der Waals surface area contributed by atoms with Crippen molar-refractivity contribution in [3.8, 4) is 5.75 Å². The van der Waals surface area contributed by atoms with Gasteiger partial charge in [-0.1, -0.05) is 24.3 Å². The predicted octanol–water partition coefficient (Wildman–Crippen LogP) is 4.19. The zero-order valence-electron chi connectivity index (χ0n) is 11.2. The van der Waals surface area contributed by atoms with Gasteiger partial charge < -0.3 is 10.5 Å². The van der Waals surface area contributed by atoms with E-state index in [2.05, 4.69) is 0 Å². The summed E-state index contributed by atoms with van der Waals surface area (Å²) in [4.78, 5) is 0. The Hall–Kier alpha value is -1.75. The summed E-state index contributed by atoms with van der Waals surface area (Å²) in [5.74, 6) is 0.424. The first-order valence-electron chi connectivity index (χ1n) is 6.30. The minimum Gasteiger partial charge on any atom is -0.490 e. The maximum atomic E-state index is 12.8. The summed E-state index contributed by atoms with van der Waals surface area (Å²) >= 11 is 0. The maximum absolute atomic E-state index is 12.8. The van der Waals surface area contributed by atoms with E-state index in [1.807, 2.05) is 26.0 Å². The number of alkyl halides is 3. The summed E-state index contributed by atoms with van der Waals surface area (Å²) in [6, 6.07) is 7.97. The van der Waals surface area contributed by atoms with Crippen LogP contribution in [0.1, 0.15) is 25.5 Å². The summed E-state index contributed by atoms with van der Waals surface area (Å²) in [6.07, 6.45) is -4.60. The molecule has 0 aliphatic carbocycles. The molecule has 2 N–H and O–H groups in total. The van der Waals surface area contributed by atoms with Gasteiger partial charge in [0.1, 0.15) is 11.8 Å². The molecule has 0 unspecified atom stereocenters. The normalized spacial score (nSPS) is 13.8. The molecule has 0 amide bonds. The Balaban J connectivity index is 2.58. The molecule has 108 valence electrons. The van der Waals surface area contributed by atoms with Crippen LogP contribution in [0.2, 0.25) is 0 Å². The lowest BCUT2D eigenvalue weighted by Crippen LogP contribution is -2.28. The number of fused-ring (bicyclic) bond motifs is 1. The molecule has 2 aromatic rings. The van der Waals surface area contributed by atoms with Crippen LogP contribution < -0.4 is 10.5 Å². The average Bonchev–Trinajstić information content (AvgIpc) is 2.36. The van der Waals surface area contributed by atoms with Crippen LogP contribution in [0.15, 0.2) is 36.4 Å². The standard InChI is InChI=1S/C15H16F3NO/c1-9(2)20-13-8-11(14(19)15(16,17)18)7-10-5-3-4-6-12(10)13/h3-9,14H,19H2,1-2H3/t14-/m0/s1. The van der Waals surface area contributed by atoms with Gasteiger partial charge in [-0.05, 0) is 36.9 Å². The third-order valence-electron chi connectivity index (χ3n) is 2.92. The van der Waals surface area contributed by atoms with Gasteiger partial charge in [0, 0.05) is 5.39 Å². The van der Waals surface area contributed by atoms with E-state index in [0.29, 0.717) is 11.1 Å². The fourth-order valence-corrected chi connectivity index (χ4v) is 2.02. The highest BCUT2D eigenvalue weighted by Crippen LogP contribution is 2.36. The molecule has 0 aliphatic rings. The van der Waals surface area contributed by atoms with Crippen molar-refractivity contribution >= 4 is 10.8 Å². The molecule has 2 nitrogen and oxygen atoms in total. The molecule has 0 aromatic heterocycles. The van der Waals surface area contributed by atoms with Gasteiger partial charge in [0.15, 0.2) is 0 Å². The Labute approximate surface area is 115 Å². The molecular weight excluding hydrogens is 267 g/mol. The Morgan fingerprint density at radius 1 is 1.10 bits per heavy atom. The lowest BCUT2D eigenvalue weighted by atomic mass is 10.0. The van der Waals surface area contributed by atoms with Crippen molar-refractivity contribution in [1.82, 2.24) is 0 Å². The number of halogens is 3. The summed E-state index contributed by atoms with van der Waals surface area (Å²) in [7, 11) is 0. The first-order chi connectivity index (χ1) is 9.29. The molecule has 0 aliphatic heterocycles. The van der Waals surface area contributed by atoms with Gasteiger partial charge in [-0.3, -0.25) is 0 Å². The molecule has 0 radical (unpaired) electrons. The molecule has 0 fully saturated rings. The van der Waals surface area contributed by atoms with Gasteiger partial charge in [0.25, 0.3) is 0 Å². The van der Waals surface area contributed by atoms with Crippen LogP contribution in [0.25, 0.3) is 10.8 Å². The van der Waals surface area contributed by atoms with E-state index >= 15 is 0 Å². The Kier molecular flexibility index (Phi) is 3.90. The minimum absolute atomic E-state index is 0.00634. The fraction of sp³-hybridized carbons (Fsp3) is 0.333. The van der Waals surface area contributed by atoms with Crippen LogP contribution in [-0.2, 0) is 0 Å². The highest BCUT2D eigenvalue weighted by molar-refractivity contribution is 5.89. The first-order valence-corrected chi connectivity index (χ1v) is 6.30. The average molecular weight is 283 g/mol. The molecule has 1 atom stereocenters. The second kappa shape index (κ2) is 5.32. The minimum atomic E-state index is -4.47. The molecule has 0 spiro atoms. The van der Waals surface area contributed by atoms with Crippen LogP contribution in [-0.4, -0.2) is 12.3 Å². The zero-order chi connectivity index (χ0) is 14.9. The van der Waals surface area contributed by atoms with Crippen molar-refractivity contribution in [3.63, 3.8) is 0 Å². The van der Waals surface area contributed by atoms with E-state index in [4.69, 9.17) is 10.5 Å². The van der Waals surface area contributed by atoms with Crippen molar-refractivity contribution in [1.29, 1.82) is 0 Å². The van der Waals surface area contributed by atoms with Crippen LogP contribution >= 0.6 is 0 Å².